The monoisotopic (exact) mass is 286 g/mol. The molecule has 2 aromatic heterocycles. The van der Waals surface area contributed by atoms with Gasteiger partial charge >= 0.3 is 0 Å². The molecule has 2 aromatic rings. The van der Waals surface area contributed by atoms with Gasteiger partial charge in [0.05, 0.1) is 0 Å². The summed E-state index contributed by atoms with van der Waals surface area (Å²) in [7, 11) is 0. The molecule has 110 valence electrons. The minimum atomic E-state index is -0.490. The van der Waals surface area contributed by atoms with E-state index >= 15 is 0 Å². The van der Waals surface area contributed by atoms with Crippen LogP contribution >= 0.6 is 0 Å². The molecule has 1 aliphatic heterocycles. The number of rotatable bonds is 2. The highest BCUT2D eigenvalue weighted by atomic mass is 16.3. The van der Waals surface area contributed by atoms with Crippen molar-refractivity contribution in [1.29, 1.82) is 0 Å². The molecular formula is C15H18N4O2. The fraction of sp³-hybridized carbons (Fsp3) is 0.467. The smallest absolute Gasteiger partial charge is 0.276 e. The first-order chi connectivity index (χ1) is 10.0. The molecule has 21 heavy (non-hydrogen) atoms. The Labute approximate surface area is 123 Å². The number of aromatic nitrogens is 3. The van der Waals surface area contributed by atoms with Crippen molar-refractivity contribution in [3.05, 3.63) is 41.6 Å². The number of carbonyl (C=O) groups is 1. The lowest BCUT2D eigenvalue weighted by atomic mass is 9.97. The van der Waals surface area contributed by atoms with E-state index in [1.807, 2.05) is 19.9 Å². The van der Waals surface area contributed by atoms with E-state index in [4.69, 9.17) is 4.42 Å². The predicted octanol–water partition coefficient (Wildman–Crippen LogP) is 2.23. The Kier molecular flexibility index (Phi) is 3.23. The van der Waals surface area contributed by atoms with Crippen LogP contribution in [0.4, 0.5) is 0 Å². The van der Waals surface area contributed by atoms with Crippen molar-refractivity contribution in [3.8, 4) is 0 Å². The molecule has 3 rings (SSSR count). The molecule has 0 aliphatic carbocycles. The van der Waals surface area contributed by atoms with Crippen LogP contribution < -0.4 is 0 Å². The molecule has 1 fully saturated rings. The van der Waals surface area contributed by atoms with E-state index in [1.165, 1.54) is 6.26 Å². The molecule has 6 heteroatoms. The summed E-state index contributed by atoms with van der Waals surface area (Å²) in [6.07, 6.45) is 4.92. The Morgan fingerprint density at radius 3 is 2.86 bits per heavy atom. The van der Waals surface area contributed by atoms with Crippen LogP contribution in [0.15, 0.2) is 22.9 Å². The average Bonchev–Trinajstić information content (AvgIpc) is 3.05. The number of hydrogen-bond acceptors (Lipinski definition) is 5. The molecule has 1 aliphatic rings. The molecule has 0 saturated carbocycles. The largest absolute Gasteiger partial charge is 0.448 e. The summed E-state index contributed by atoms with van der Waals surface area (Å²) in [6.45, 7) is 6.35. The van der Waals surface area contributed by atoms with Gasteiger partial charge in [-0.05, 0) is 32.8 Å². The first-order valence-corrected chi connectivity index (χ1v) is 7.05. The van der Waals surface area contributed by atoms with Crippen molar-refractivity contribution in [3.63, 3.8) is 0 Å². The molecule has 3 heterocycles. The van der Waals surface area contributed by atoms with Crippen molar-refractivity contribution in [2.24, 2.45) is 0 Å². The third kappa shape index (κ3) is 2.30. The predicted molar refractivity (Wildman–Crippen MR) is 75.6 cm³/mol. The summed E-state index contributed by atoms with van der Waals surface area (Å²) in [6, 6.07) is 1.86. The first-order valence-electron chi connectivity index (χ1n) is 7.05. The number of likely N-dealkylation sites (tertiary alicyclic amines) is 1. The van der Waals surface area contributed by atoms with Gasteiger partial charge in [0.25, 0.3) is 5.91 Å². The SMILES string of the molecule is Cc1ccnc(C2(C)CCCN2C(=O)c2coc(C)n2)n1. The lowest BCUT2D eigenvalue weighted by Crippen LogP contribution is -2.44. The Hall–Kier alpha value is -2.24. The van der Waals surface area contributed by atoms with Crippen molar-refractivity contribution in [2.75, 3.05) is 6.54 Å². The summed E-state index contributed by atoms with van der Waals surface area (Å²) in [4.78, 5) is 27.5. The number of nitrogens with zero attached hydrogens (tertiary/aromatic N) is 4. The molecular weight excluding hydrogens is 268 g/mol. The summed E-state index contributed by atoms with van der Waals surface area (Å²) < 4.78 is 5.15. The molecule has 1 atom stereocenters. The summed E-state index contributed by atoms with van der Waals surface area (Å²) in [5.41, 5.74) is 0.752. The zero-order valence-electron chi connectivity index (χ0n) is 12.5. The fourth-order valence-corrected chi connectivity index (χ4v) is 2.83. The van der Waals surface area contributed by atoms with Gasteiger partial charge in [0.1, 0.15) is 11.8 Å². The lowest BCUT2D eigenvalue weighted by molar-refractivity contribution is 0.0597. The second kappa shape index (κ2) is 4.95. The normalized spacial score (nSPS) is 21.8. The van der Waals surface area contributed by atoms with Gasteiger partial charge in [0.2, 0.25) is 0 Å². The number of carbonyl (C=O) groups excluding carboxylic acids is 1. The van der Waals surface area contributed by atoms with Crippen LogP contribution in [0.5, 0.6) is 0 Å². The van der Waals surface area contributed by atoms with E-state index in [0.717, 1.165) is 18.5 Å². The third-order valence-corrected chi connectivity index (χ3v) is 4.00. The van der Waals surface area contributed by atoms with Crippen molar-refractivity contribution in [2.45, 2.75) is 39.2 Å². The Morgan fingerprint density at radius 1 is 1.38 bits per heavy atom. The Bertz CT molecular complexity index is 682. The zero-order chi connectivity index (χ0) is 15.0. The van der Waals surface area contributed by atoms with Crippen LogP contribution in [0.25, 0.3) is 0 Å². The zero-order valence-corrected chi connectivity index (χ0v) is 12.5. The average molecular weight is 286 g/mol. The second-order valence-electron chi connectivity index (χ2n) is 5.61. The molecule has 1 amide bonds. The highest BCUT2D eigenvalue weighted by molar-refractivity contribution is 5.92. The second-order valence-corrected chi connectivity index (χ2v) is 5.61. The van der Waals surface area contributed by atoms with Crippen molar-refractivity contribution in [1.82, 2.24) is 19.9 Å². The molecule has 0 bridgehead atoms. The molecule has 6 nitrogen and oxygen atoms in total. The molecule has 1 unspecified atom stereocenters. The summed E-state index contributed by atoms with van der Waals surface area (Å²) in [5.74, 6) is 1.05. The maximum absolute atomic E-state index is 12.7. The van der Waals surface area contributed by atoms with Gasteiger partial charge < -0.3 is 9.32 Å². The minimum absolute atomic E-state index is 0.128. The van der Waals surface area contributed by atoms with Crippen molar-refractivity contribution < 1.29 is 9.21 Å². The van der Waals surface area contributed by atoms with Crippen molar-refractivity contribution >= 4 is 5.91 Å². The summed E-state index contributed by atoms with van der Waals surface area (Å²) in [5, 5.41) is 0. The minimum Gasteiger partial charge on any atom is -0.448 e. The van der Waals surface area contributed by atoms with E-state index in [1.54, 1.807) is 18.0 Å². The topological polar surface area (TPSA) is 72.1 Å². The number of oxazole rings is 1. The van der Waals surface area contributed by atoms with Crippen LogP contribution in [-0.2, 0) is 5.54 Å². The number of amides is 1. The molecule has 0 aromatic carbocycles. The van der Waals surface area contributed by atoms with Gasteiger partial charge in [0.15, 0.2) is 17.4 Å². The fourth-order valence-electron chi connectivity index (χ4n) is 2.83. The number of hydrogen-bond donors (Lipinski definition) is 0. The van der Waals surface area contributed by atoms with Crippen LogP contribution in [0.3, 0.4) is 0 Å². The van der Waals surface area contributed by atoms with Gasteiger partial charge in [0, 0.05) is 25.4 Å². The van der Waals surface area contributed by atoms with Crippen LogP contribution in [0, 0.1) is 13.8 Å². The van der Waals surface area contributed by atoms with Gasteiger partial charge in [-0.15, -0.1) is 0 Å². The quantitative estimate of drug-likeness (QED) is 0.846. The lowest BCUT2D eigenvalue weighted by Gasteiger charge is -2.33. The highest BCUT2D eigenvalue weighted by Crippen LogP contribution is 2.37. The van der Waals surface area contributed by atoms with Crippen LogP contribution in [0.1, 0.15) is 47.7 Å². The highest BCUT2D eigenvalue weighted by Gasteiger charge is 2.44. The van der Waals surface area contributed by atoms with Gasteiger partial charge in [-0.1, -0.05) is 0 Å². The van der Waals surface area contributed by atoms with E-state index in [2.05, 4.69) is 15.0 Å². The third-order valence-electron chi connectivity index (χ3n) is 4.00. The molecule has 0 radical (unpaired) electrons. The van der Waals surface area contributed by atoms with Crippen LogP contribution in [0.2, 0.25) is 0 Å². The van der Waals surface area contributed by atoms with Gasteiger partial charge in [-0.25, -0.2) is 15.0 Å². The molecule has 1 saturated heterocycles. The van der Waals surface area contributed by atoms with E-state index in [0.29, 0.717) is 24.0 Å². The summed E-state index contributed by atoms with van der Waals surface area (Å²) >= 11 is 0. The standard InChI is InChI=1S/C15H18N4O2/c1-10-5-7-16-14(17-10)15(3)6-4-8-19(15)13(20)12-9-21-11(2)18-12/h5,7,9H,4,6,8H2,1-3H3. The Balaban J connectivity index is 1.96. The first kappa shape index (κ1) is 13.7. The molecule has 0 spiro atoms. The van der Waals surface area contributed by atoms with E-state index in [-0.39, 0.29) is 5.91 Å². The number of aryl methyl sites for hydroxylation is 2. The van der Waals surface area contributed by atoms with Gasteiger partial charge in [-0.2, -0.15) is 0 Å². The van der Waals surface area contributed by atoms with E-state index < -0.39 is 5.54 Å². The molecule has 0 N–H and O–H groups in total. The van der Waals surface area contributed by atoms with Gasteiger partial charge in [-0.3, -0.25) is 4.79 Å². The Morgan fingerprint density at radius 2 is 2.19 bits per heavy atom. The maximum Gasteiger partial charge on any atom is 0.276 e. The van der Waals surface area contributed by atoms with Crippen LogP contribution in [-0.4, -0.2) is 32.3 Å². The van der Waals surface area contributed by atoms with E-state index in [9.17, 15) is 4.79 Å². The maximum atomic E-state index is 12.7.